The smallest absolute Gasteiger partial charge is 0.177 e. The van der Waals surface area contributed by atoms with Crippen LogP contribution in [0.5, 0.6) is 0 Å². The van der Waals surface area contributed by atoms with Gasteiger partial charge in [0.1, 0.15) is 18.2 Å². The Hall–Kier alpha value is -1.82. The van der Waals surface area contributed by atoms with Crippen molar-refractivity contribution in [3.05, 3.63) is 29.1 Å². The van der Waals surface area contributed by atoms with Crippen molar-refractivity contribution in [2.24, 2.45) is 0 Å². The fourth-order valence-corrected chi connectivity index (χ4v) is 2.35. The maximum atomic E-state index is 4.65. The van der Waals surface area contributed by atoms with Crippen molar-refractivity contribution in [3.8, 4) is 5.82 Å². The standard InChI is InChI=1S/C11H11N5S/c1-7(2)10-11(16-6-12-5-13-16)15-9-4-17-3-8(9)14-10/h3-7H,1-2H3. The average Bonchev–Trinajstić information content (AvgIpc) is 2.98. The number of hydrogen-bond acceptors (Lipinski definition) is 5. The van der Waals surface area contributed by atoms with Gasteiger partial charge in [-0.1, -0.05) is 13.8 Å². The van der Waals surface area contributed by atoms with Crippen LogP contribution in [-0.2, 0) is 0 Å². The van der Waals surface area contributed by atoms with Gasteiger partial charge in [-0.15, -0.1) is 11.3 Å². The Bertz CT molecular complexity index is 641. The molecular formula is C11H11N5S. The van der Waals surface area contributed by atoms with Gasteiger partial charge in [-0.2, -0.15) is 5.10 Å². The Morgan fingerprint density at radius 3 is 2.59 bits per heavy atom. The van der Waals surface area contributed by atoms with Crippen LogP contribution in [0.25, 0.3) is 16.9 Å². The van der Waals surface area contributed by atoms with Crippen molar-refractivity contribution < 1.29 is 0 Å². The molecule has 5 nitrogen and oxygen atoms in total. The Morgan fingerprint density at radius 1 is 1.18 bits per heavy atom. The van der Waals surface area contributed by atoms with Crippen LogP contribution in [0, 0.1) is 0 Å². The van der Waals surface area contributed by atoms with Crippen LogP contribution in [0.1, 0.15) is 25.5 Å². The monoisotopic (exact) mass is 245 g/mol. The Morgan fingerprint density at radius 2 is 1.94 bits per heavy atom. The molecule has 0 N–H and O–H groups in total. The number of rotatable bonds is 2. The van der Waals surface area contributed by atoms with Gasteiger partial charge in [0.05, 0.1) is 11.2 Å². The normalized spacial score (nSPS) is 11.5. The molecule has 0 atom stereocenters. The van der Waals surface area contributed by atoms with Crippen LogP contribution in [-0.4, -0.2) is 24.7 Å². The molecule has 3 rings (SSSR count). The van der Waals surface area contributed by atoms with E-state index in [1.54, 1.807) is 22.3 Å². The van der Waals surface area contributed by atoms with Gasteiger partial charge in [0.15, 0.2) is 5.82 Å². The van der Waals surface area contributed by atoms with Crippen LogP contribution in [0.2, 0.25) is 0 Å². The minimum absolute atomic E-state index is 0.297. The van der Waals surface area contributed by atoms with E-state index in [1.165, 1.54) is 6.33 Å². The zero-order valence-corrected chi connectivity index (χ0v) is 10.3. The molecule has 17 heavy (non-hydrogen) atoms. The van der Waals surface area contributed by atoms with Gasteiger partial charge >= 0.3 is 0 Å². The molecule has 0 amide bonds. The highest BCUT2D eigenvalue weighted by atomic mass is 32.1. The molecule has 0 aromatic carbocycles. The van der Waals surface area contributed by atoms with Gasteiger partial charge < -0.3 is 0 Å². The number of hydrogen-bond donors (Lipinski definition) is 0. The van der Waals surface area contributed by atoms with Gasteiger partial charge in [0, 0.05) is 10.8 Å². The quantitative estimate of drug-likeness (QED) is 0.695. The highest BCUT2D eigenvalue weighted by Gasteiger charge is 2.14. The van der Waals surface area contributed by atoms with Crippen molar-refractivity contribution in [2.45, 2.75) is 19.8 Å². The molecule has 0 saturated heterocycles. The van der Waals surface area contributed by atoms with Gasteiger partial charge in [-0.3, -0.25) is 0 Å². The molecule has 3 heterocycles. The van der Waals surface area contributed by atoms with Crippen LogP contribution in [0.15, 0.2) is 23.4 Å². The predicted molar refractivity (Wildman–Crippen MR) is 66.4 cm³/mol. The summed E-state index contributed by atoms with van der Waals surface area (Å²) in [4.78, 5) is 13.2. The lowest BCUT2D eigenvalue weighted by molar-refractivity contribution is 0.761. The van der Waals surface area contributed by atoms with E-state index in [2.05, 4.69) is 33.9 Å². The molecule has 0 fully saturated rings. The molecule has 0 aliphatic rings. The van der Waals surface area contributed by atoms with E-state index in [4.69, 9.17) is 0 Å². The first kappa shape index (κ1) is 10.3. The van der Waals surface area contributed by atoms with E-state index in [0.717, 1.165) is 22.5 Å². The summed E-state index contributed by atoms with van der Waals surface area (Å²) in [5.74, 6) is 1.06. The van der Waals surface area contributed by atoms with E-state index >= 15 is 0 Å². The largest absolute Gasteiger partial charge is 0.246 e. The number of thiophene rings is 1. The highest BCUT2D eigenvalue weighted by molar-refractivity contribution is 7.09. The number of nitrogens with zero attached hydrogens (tertiary/aromatic N) is 5. The maximum Gasteiger partial charge on any atom is 0.177 e. The molecule has 3 aromatic heterocycles. The third-order valence-electron chi connectivity index (χ3n) is 2.50. The number of fused-ring (bicyclic) bond motifs is 1. The minimum atomic E-state index is 0.297. The fraction of sp³-hybridized carbons (Fsp3) is 0.273. The molecule has 0 radical (unpaired) electrons. The second kappa shape index (κ2) is 3.89. The van der Waals surface area contributed by atoms with E-state index in [1.807, 2.05) is 10.8 Å². The van der Waals surface area contributed by atoms with Crippen LogP contribution < -0.4 is 0 Å². The minimum Gasteiger partial charge on any atom is -0.246 e. The molecule has 0 aliphatic carbocycles. The molecule has 0 unspecified atom stereocenters. The summed E-state index contributed by atoms with van der Waals surface area (Å²) in [5, 5.41) is 8.13. The van der Waals surface area contributed by atoms with Crippen molar-refractivity contribution in [3.63, 3.8) is 0 Å². The van der Waals surface area contributed by atoms with Crippen molar-refractivity contribution in [2.75, 3.05) is 0 Å². The van der Waals surface area contributed by atoms with Gasteiger partial charge in [0.25, 0.3) is 0 Å². The lowest BCUT2D eigenvalue weighted by atomic mass is 10.1. The lowest BCUT2D eigenvalue weighted by Crippen LogP contribution is -2.07. The van der Waals surface area contributed by atoms with Crippen molar-refractivity contribution in [1.29, 1.82) is 0 Å². The number of aromatic nitrogens is 5. The molecule has 0 saturated carbocycles. The SMILES string of the molecule is CC(C)c1nc2cscc2nc1-n1cncn1. The zero-order valence-electron chi connectivity index (χ0n) is 9.53. The molecule has 86 valence electrons. The summed E-state index contributed by atoms with van der Waals surface area (Å²) in [6.45, 7) is 4.20. The van der Waals surface area contributed by atoms with Crippen LogP contribution in [0.4, 0.5) is 0 Å². The van der Waals surface area contributed by atoms with Gasteiger partial charge in [-0.25, -0.2) is 19.6 Å². The Balaban J connectivity index is 2.30. The first-order chi connectivity index (χ1) is 8.25. The third kappa shape index (κ3) is 1.70. The van der Waals surface area contributed by atoms with Crippen LogP contribution >= 0.6 is 11.3 Å². The molecular weight excluding hydrogens is 234 g/mol. The van der Waals surface area contributed by atoms with Crippen LogP contribution in [0.3, 0.4) is 0 Å². The second-order valence-corrected chi connectivity index (χ2v) is 4.81. The molecule has 3 aromatic rings. The highest BCUT2D eigenvalue weighted by Crippen LogP contribution is 2.23. The zero-order chi connectivity index (χ0) is 11.8. The lowest BCUT2D eigenvalue weighted by Gasteiger charge is -2.10. The summed E-state index contributed by atoms with van der Waals surface area (Å²) in [7, 11) is 0. The van der Waals surface area contributed by atoms with E-state index in [0.29, 0.717) is 5.92 Å². The molecule has 0 bridgehead atoms. The topological polar surface area (TPSA) is 56.5 Å². The van der Waals surface area contributed by atoms with Gasteiger partial charge in [-0.05, 0) is 5.92 Å². The summed E-state index contributed by atoms with van der Waals surface area (Å²) >= 11 is 1.61. The summed E-state index contributed by atoms with van der Waals surface area (Å²) in [6, 6.07) is 0. The first-order valence-electron chi connectivity index (χ1n) is 5.34. The van der Waals surface area contributed by atoms with E-state index in [9.17, 15) is 0 Å². The summed E-state index contributed by atoms with van der Waals surface area (Å²) in [6.07, 6.45) is 3.15. The summed E-state index contributed by atoms with van der Waals surface area (Å²) < 4.78 is 1.67. The maximum absolute atomic E-state index is 4.65. The Labute approximate surface area is 102 Å². The summed E-state index contributed by atoms with van der Waals surface area (Å²) in [5.41, 5.74) is 2.80. The van der Waals surface area contributed by atoms with E-state index in [-0.39, 0.29) is 0 Å². The molecule has 0 spiro atoms. The fourth-order valence-electron chi connectivity index (χ4n) is 1.68. The Kier molecular flexibility index (Phi) is 2.36. The van der Waals surface area contributed by atoms with Crippen molar-refractivity contribution in [1.82, 2.24) is 24.7 Å². The molecule has 6 heteroatoms. The molecule has 0 aliphatic heterocycles. The van der Waals surface area contributed by atoms with Crippen molar-refractivity contribution >= 4 is 22.4 Å². The second-order valence-electron chi connectivity index (χ2n) is 4.07. The van der Waals surface area contributed by atoms with E-state index < -0.39 is 0 Å². The first-order valence-corrected chi connectivity index (χ1v) is 6.29. The predicted octanol–water partition coefficient (Wildman–Crippen LogP) is 2.40. The van der Waals surface area contributed by atoms with Gasteiger partial charge in [0.2, 0.25) is 0 Å². The average molecular weight is 245 g/mol. The third-order valence-corrected chi connectivity index (χ3v) is 3.22.